The van der Waals surface area contributed by atoms with Crippen LogP contribution in [0.4, 0.5) is 5.69 Å². The van der Waals surface area contributed by atoms with Crippen LogP contribution in [0, 0.1) is 13.8 Å². The fourth-order valence-electron chi connectivity index (χ4n) is 2.55. The van der Waals surface area contributed by atoms with Crippen molar-refractivity contribution in [2.45, 2.75) is 20.3 Å². The molecule has 2 heterocycles. The normalized spacial score (nSPS) is 10.9. The molecule has 5 heteroatoms. The Kier molecular flexibility index (Phi) is 3.86. The first-order chi connectivity index (χ1) is 10.6. The lowest BCUT2D eigenvalue weighted by Crippen LogP contribution is -2.14. The summed E-state index contributed by atoms with van der Waals surface area (Å²) in [6, 6.07) is 5.46. The van der Waals surface area contributed by atoms with Gasteiger partial charge >= 0.3 is 0 Å². The molecule has 2 aromatic heterocycles. The maximum Gasteiger partial charge on any atom is 0.228 e. The van der Waals surface area contributed by atoms with E-state index in [1.54, 1.807) is 30.8 Å². The Bertz CT molecular complexity index is 841. The zero-order chi connectivity index (χ0) is 15.7. The summed E-state index contributed by atoms with van der Waals surface area (Å²) in [6.45, 7) is 3.88. The minimum atomic E-state index is -0.119. The molecular formula is C17H15ClN2O2. The predicted octanol–water partition coefficient (Wildman–Crippen LogP) is 4.28. The molecule has 0 bridgehead atoms. The summed E-state index contributed by atoms with van der Waals surface area (Å²) < 4.78 is 5.57. The Morgan fingerprint density at radius 3 is 2.95 bits per heavy atom. The smallest absolute Gasteiger partial charge is 0.228 e. The van der Waals surface area contributed by atoms with E-state index in [1.807, 2.05) is 19.9 Å². The van der Waals surface area contributed by atoms with Crippen molar-refractivity contribution in [1.82, 2.24) is 4.98 Å². The number of rotatable bonds is 3. The van der Waals surface area contributed by atoms with Crippen LogP contribution in [-0.4, -0.2) is 10.9 Å². The van der Waals surface area contributed by atoms with Crippen LogP contribution < -0.4 is 5.32 Å². The first-order valence-electron chi connectivity index (χ1n) is 6.92. The number of furan rings is 1. The van der Waals surface area contributed by atoms with E-state index in [4.69, 9.17) is 16.0 Å². The van der Waals surface area contributed by atoms with Crippen LogP contribution in [-0.2, 0) is 11.2 Å². The van der Waals surface area contributed by atoms with Gasteiger partial charge in [-0.25, -0.2) is 0 Å². The molecule has 22 heavy (non-hydrogen) atoms. The van der Waals surface area contributed by atoms with Crippen LogP contribution >= 0.6 is 11.6 Å². The number of aryl methyl sites for hydroxylation is 2. The van der Waals surface area contributed by atoms with Crippen molar-refractivity contribution in [3.05, 3.63) is 58.6 Å². The topological polar surface area (TPSA) is 55.1 Å². The molecule has 1 N–H and O–H groups in total. The molecule has 0 aliphatic rings. The Hall–Kier alpha value is -2.33. The lowest BCUT2D eigenvalue weighted by atomic mass is 10.0. The number of carbonyl (C=O) groups excluding carboxylic acids is 1. The van der Waals surface area contributed by atoms with Gasteiger partial charge in [0.15, 0.2) is 0 Å². The van der Waals surface area contributed by atoms with E-state index >= 15 is 0 Å². The van der Waals surface area contributed by atoms with Gasteiger partial charge in [0.25, 0.3) is 0 Å². The number of nitrogens with zero attached hydrogens (tertiary/aromatic N) is 1. The highest BCUT2D eigenvalue weighted by atomic mass is 35.5. The Morgan fingerprint density at radius 2 is 2.23 bits per heavy atom. The number of aromatic nitrogens is 1. The number of nitrogens with one attached hydrogen (secondary N) is 1. The molecule has 1 amide bonds. The second kappa shape index (κ2) is 5.81. The Labute approximate surface area is 133 Å². The van der Waals surface area contributed by atoms with Gasteiger partial charge in [0.1, 0.15) is 5.58 Å². The van der Waals surface area contributed by atoms with Gasteiger partial charge in [-0.2, -0.15) is 0 Å². The number of amides is 1. The van der Waals surface area contributed by atoms with Crippen LogP contribution in [0.5, 0.6) is 0 Å². The van der Waals surface area contributed by atoms with Crippen LogP contribution in [0.2, 0.25) is 5.02 Å². The van der Waals surface area contributed by atoms with Gasteiger partial charge in [0.2, 0.25) is 5.91 Å². The molecule has 0 saturated heterocycles. The van der Waals surface area contributed by atoms with Gasteiger partial charge in [0, 0.05) is 22.2 Å². The Balaban J connectivity index is 1.88. The fourth-order valence-corrected chi connectivity index (χ4v) is 2.70. The van der Waals surface area contributed by atoms with Crippen LogP contribution in [0.3, 0.4) is 0 Å². The van der Waals surface area contributed by atoms with E-state index < -0.39 is 0 Å². The molecule has 0 spiro atoms. The van der Waals surface area contributed by atoms with Crippen molar-refractivity contribution in [3.8, 4) is 0 Å². The molecular weight excluding hydrogens is 300 g/mol. The minimum absolute atomic E-state index is 0.119. The number of benzene rings is 1. The van der Waals surface area contributed by atoms with Crippen molar-refractivity contribution < 1.29 is 9.21 Å². The average molecular weight is 315 g/mol. The van der Waals surface area contributed by atoms with Gasteiger partial charge in [-0.1, -0.05) is 11.6 Å². The van der Waals surface area contributed by atoms with Gasteiger partial charge in [-0.15, -0.1) is 0 Å². The quantitative estimate of drug-likeness (QED) is 0.785. The molecule has 0 aliphatic carbocycles. The SMILES string of the molecule is Cc1cc2occ(CC(=O)Nc3cccnc3)c2c(C)c1Cl. The number of anilines is 1. The highest BCUT2D eigenvalue weighted by Crippen LogP contribution is 2.32. The monoisotopic (exact) mass is 314 g/mol. The number of halogens is 1. The van der Waals surface area contributed by atoms with E-state index in [0.29, 0.717) is 10.7 Å². The number of pyridine rings is 1. The molecule has 112 valence electrons. The largest absolute Gasteiger partial charge is 0.464 e. The maximum absolute atomic E-state index is 12.2. The second-order valence-electron chi connectivity index (χ2n) is 5.23. The van der Waals surface area contributed by atoms with Crippen LogP contribution in [0.1, 0.15) is 16.7 Å². The second-order valence-corrected chi connectivity index (χ2v) is 5.61. The third-order valence-corrected chi connectivity index (χ3v) is 4.17. The molecule has 0 aliphatic heterocycles. The number of hydrogen-bond acceptors (Lipinski definition) is 3. The van der Waals surface area contributed by atoms with Crippen LogP contribution in [0.25, 0.3) is 11.0 Å². The third-order valence-electron chi connectivity index (χ3n) is 3.59. The minimum Gasteiger partial charge on any atom is -0.464 e. The van der Waals surface area contributed by atoms with Crippen molar-refractivity contribution in [2.24, 2.45) is 0 Å². The van der Waals surface area contributed by atoms with Gasteiger partial charge in [-0.05, 0) is 43.2 Å². The number of hydrogen-bond donors (Lipinski definition) is 1. The lowest BCUT2D eigenvalue weighted by molar-refractivity contribution is -0.115. The summed E-state index contributed by atoms with van der Waals surface area (Å²) in [5, 5.41) is 4.44. The van der Waals surface area contributed by atoms with Crippen molar-refractivity contribution in [3.63, 3.8) is 0 Å². The molecule has 0 saturated carbocycles. The molecule has 0 unspecified atom stereocenters. The van der Waals surface area contributed by atoms with Crippen molar-refractivity contribution in [2.75, 3.05) is 5.32 Å². The summed E-state index contributed by atoms with van der Waals surface area (Å²) in [5.41, 5.74) is 4.16. The first kappa shape index (κ1) is 14.6. The summed E-state index contributed by atoms with van der Waals surface area (Å²) in [7, 11) is 0. The average Bonchev–Trinajstić information content (AvgIpc) is 2.88. The molecule has 0 radical (unpaired) electrons. The molecule has 3 rings (SSSR count). The summed E-state index contributed by atoms with van der Waals surface area (Å²) >= 11 is 6.30. The van der Waals surface area contributed by atoms with Gasteiger partial charge < -0.3 is 9.73 Å². The Morgan fingerprint density at radius 1 is 1.41 bits per heavy atom. The lowest BCUT2D eigenvalue weighted by Gasteiger charge is -2.06. The van der Waals surface area contributed by atoms with E-state index in [9.17, 15) is 4.79 Å². The highest BCUT2D eigenvalue weighted by molar-refractivity contribution is 6.33. The number of fused-ring (bicyclic) bond motifs is 1. The van der Waals surface area contributed by atoms with E-state index in [1.165, 1.54) is 0 Å². The molecule has 4 nitrogen and oxygen atoms in total. The van der Waals surface area contributed by atoms with Gasteiger partial charge in [0.05, 0.1) is 24.6 Å². The molecule has 0 atom stereocenters. The summed E-state index contributed by atoms with van der Waals surface area (Å²) in [4.78, 5) is 16.1. The van der Waals surface area contributed by atoms with E-state index in [0.717, 1.165) is 27.7 Å². The van der Waals surface area contributed by atoms with E-state index in [2.05, 4.69) is 10.3 Å². The first-order valence-corrected chi connectivity index (χ1v) is 7.29. The summed E-state index contributed by atoms with van der Waals surface area (Å²) in [6.07, 6.45) is 5.11. The maximum atomic E-state index is 12.2. The molecule has 3 aromatic rings. The van der Waals surface area contributed by atoms with Crippen molar-refractivity contribution in [1.29, 1.82) is 0 Å². The van der Waals surface area contributed by atoms with E-state index in [-0.39, 0.29) is 12.3 Å². The standard InChI is InChI=1S/C17H15ClN2O2/c1-10-6-14-16(11(2)17(10)18)12(9-22-14)7-15(21)20-13-4-3-5-19-8-13/h3-6,8-9H,7H2,1-2H3,(H,20,21). The molecule has 0 fully saturated rings. The zero-order valence-electron chi connectivity index (χ0n) is 12.3. The zero-order valence-corrected chi connectivity index (χ0v) is 13.1. The highest BCUT2D eigenvalue weighted by Gasteiger charge is 2.15. The molecule has 1 aromatic carbocycles. The number of carbonyl (C=O) groups is 1. The van der Waals surface area contributed by atoms with Crippen LogP contribution in [0.15, 0.2) is 41.3 Å². The summed E-state index contributed by atoms with van der Waals surface area (Å²) in [5.74, 6) is -0.119. The predicted molar refractivity (Wildman–Crippen MR) is 87.3 cm³/mol. The van der Waals surface area contributed by atoms with Crippen molar-refractivity contribution >= 4 is 34.2 Å². The third kappa shape index (κ3) is 2.70. The van der Waals surface area contributed by atoms with Gasteiger partial charge in [-0.3, -0.25) is 9.78 Å². The fraction of sp³-hybridized carbons (Fsp3) is 0.176.